The molecule has 3 saturated heterocycles. The van der Waals surface area contributed by atoms with Crippen LogP contribution in [0.5, 0.6) is 0 Å². The minimum Gasteiger partial charge on any atom is -0.862 e. The van der Waals surface area contributed by atoms with E-state index in [0.29, 0.717) is 6.42 Å². The molecule has 0 aromatic rings. The fraction of sp³-hybridized carbons (Fsp3) is 0.957. The van der Waals surface area contributed by atoms with E-state index in [2.05, 4.69) is 9.18 Å². The molecule has 44 heavy (non-hydrogen) atoms. The molecule has 3 heterocycles. The van der Waals surface area contributed by atoms with Crippen molar-refractivity contribution in [3.63, 3.8) is 0 Å². The summed E-state index contributed by atoms with van der Waals surface area (Å²) in [7, 11) is -5.24. The van der Waals surface area contributed by atoms with Crippen molar-refractivity contribution in [3.8, 4) is 0 Å². The van der Waals surface area contributed by atoms with Crippen LogP contribution in [0.4, 0.5) is 0 Å². The Labute approximate surface area is 275 Å². The second-order valence-electron chi connectivity index (χ2n) is 10.3. The summed E-state index contributed by atoms with van der Waals surface area (Å²) >= 11 is 0. The summed E-state index contributed by atoms with van der Waals surface area (Å²) in [6.45, 7) is 2.63. The molecule has 0 spiro atoms. The summed E-state index contributed by atoms with van der Waals surface area (Å²) in [5, 5.41) is 84.3. The van der Waals surface area contributed by atoms with E-state index in [0.717, 1.165) is 6.92 Å². The predicted molar refractivity (Wildman–Crippen MR) is 135 cm³/mol. The molecule has 0 aromatic carbocycles. The van der Waals surface area contributed by atoms with E-state index in [9.17, 15) is 49.3 Å². The Bertz CT molecular complexity index is 1020. The minimum absolute atomic E-state index is 0. The van der Waals surface area contributed by atoms with Crippen molar-refractivity contribution in [3.05, 3.63) is 0 Å². The molecular formula is C23H40NNaO18S. The van der Waals surface area contributed by atoms with E-state index in [1.807, 2.05) is 0 Å². The first-order valence-electron chi connectivity index (χ1n) is 13.5. The zero-order valence-electron chi connectivity index (χ0n) is 24.5. The van der Waals surface area contributed by atoms with Crippen molar-refractivity contribution in [2.24, 2.45) is 4.99 Å². The van der Waals surface area contributed by atoms with Gasteiger partial charge in [0.15, 0.2) is 18.9 Å². The van der Waals surface area contributed by atoms with Crippen molar-refractivity contribution in [1.82, 2.24) is 0 Å². The quantitative estimate of drug-likeness (QED) is 0.0413. The van der Waals surface area contributed by atoms with Gasteiger partial charge in [-0.3, -0.25) is 9.55 Å². The van der Waals surface area contributed by atoms with Gasteiger partial charge in [-0.1, -0.05) is 6.92 Å². The number of aliphatic hydroxyl groups is 7. The number of ether oxygens (including phenoxy) is 6. The standard InChI is InChI=1S/C23H41NO18S.Na/c1-4-5-36-21-12(24-9(3)27)19(41-22-16(31)15(30)13(28)8(2)37-22)18(11(7-26)39-21)40-23-17(32)20(42-43(33,34)35)14(29)10(6-25)38-23;/h8,10-23,25-26,28-32H,4-7H2,1-3H3,(H,24,27)(H,33,34,35);/q;+1/p-1/t8-,10+,11+,12+,13+,14-,15+,16-,17+,18+,19+,20-,21+,22-,23-;/m0./s1. The predicted octanol–water partition coefficient (Wildman–Crippen LogP) is -8.49. The van der Waals surface area contributed by atoms with Gasteiger partial charge in [-0.2, -0.15) is 8.42 Å². The molecular weight excluding hydrogens is 633 g/mol. The van der Waals surface area contributed by atoms with Gasteiger partial charge >= 0.3 is 40.0 Å². The molecule has 3 rings (SSSR count). The van der Waals surface area contributed by atoms with Crippen molar-refractivity contribution in [2.45, 2.75) is 119 Å². The maximum atomic E-state index is 12.2. The van der Waals surface area contributed by atoms with E-state index < -0.39 is 122 Å². The third-order valence-electron chi connectivity index (χ3n) is 7.06. The maximum absolute atomic E-state index is 12.2. The van der Waals surface area contributed by atoms with E-state index in [1.54, 1.807) is 6.92 Å². The Balaban J connectivity index is 0.00000675. The van der Waals surface area contributed by atoms with Crippen LogP contribution >= 0.6 is 0 Å². The molecule has 21 heteroatoms. The van der Waals surface area contributed by atoms with E-state index >= 15 is 0 Å². The first-order chi connectivity index (χ1) is 20.1. The molecule has 0 aromatic heterocycles. The molecule has 3 fully saturated rings. The topological polar surface area (TPSA) is 296 Å². The minimum atomic E-state index is -5.24. The number of aliphatic imine (C=N–C) groups is 1. The first-order valence-corrected chi connectivity index (χ1v) is 14.9. The van der Waals surface area contributed by atoms with Crippen LogP contribution in [0.15, 0.2) is 4.99 Å². The van der Waals surface area contributed by atoms with Crippen LogP contribution in [-0.2, 0) is 43.0 Å². The number of nitrogens with zero attached hydrogens (tertiary/aromatic N) is 1. The molecule has 0 amide bonds. The van der Waals surface area contributed by atoms with Gasteiger partial charge in [0.2, 0.25) is 0 Å². The molecule has 0 radical (unpaired) electrons. The molecule has 3 aliphatic heterocycles. The largest absolute Gasteiger partial charge is 1.00 e. The van der Waals surface area contributed by atoms with Crippen LogP contribution in [-0.4, -0.2) is 166 Å². The van der Waals surface area contributed by atoms with Crippen molar-refractivity contribution in [1.29, 1.82) is 0 Å². The molecule has 252 valence electrons. The molecule has 8 N–H and O–H groups in total. The van der Waals surface area contributed by atoms with Crippen LogP contribution in [0.3, 0.4) is 0 Å². The average Bonchev–Trinajstić information content (AvgIpc) is 2.94. The van der Waals surface area contributed by atoms with Gasteiger partial charge in [0.25, 0.3) is 0 Å². The van der Waals surface area contributed by atoms with Crippen LogP contribution < -0.4 is 34.7 Å². The Hall–Kier alpha value is -0.180. The molecule has 19 nitrogen and oxygen atoms in total. The summed E-state index contributed by atoms with van der Waals surface area (Å²) in [5.74, 6) is -0.735. The summed E-state index contributed by atoms with van der Waals surface area (Å²) < 4.78 is 70.6. The monoisotopic (exact) mass is 673 g/mol. The van der Waals surface area contributed by atoms with E-state index in [4.69, 9.17) is 33.0 Å². The van der Waals surface area contributed by atoms with Crippen molar-refractivity contribution < 1.29 is 116 Å². The smallest absolute Gasteiger partial charge is 0.862 e. The maximum Gasteiger partial charge on any atom is 1.00 e. The van der Waals surface area contributed by atoms with Crippen LogP contribution in [0, 0.1) is 0 Å². The number of rotatable bonds is 12. The number of aliphatic hydroxyl groups excluding tert-OH is 7. The zero-order chi connectivity index (χ0) is 32.2. The number of hydrogen-bond acceptors (Lipinski definition) is 18. The summed E-state index contributed by atoms with van der Waals surface area (Å²) in [6.07, 6.45) is -23.1. The summed E-state index contributed by atoms with van der Waals surface area (Å²) in [5.41, 5.74) is 0. The SMILES string of the molecule is CCCO[C@@H]1O[C@H](CO)[C@@H](O[C@@H]2O[C@H](CO)[C@H](O)[C@H](OS(=O)(=O)O)[C@H]2O)[C@H](O[C@@H]2O[C@@H](C)[C@@H](O)[C@@H](O)[C@@H]2O)[C@H]1N=C(C)[O-].[Na+]. The third-order valence-corrected chi connectivity index (χ3v) is 7.52. The van der Waals surface area contributed by atoms with Gasteiger partial charge in [-0.15, -0.1) is 0 Å². The molecule has 3 aliphatic rings. The fourth-order valence-electron chi connectivity index (χ4n) is 4.93. The first kappa shape index (κ1) is 40.0. The second-order valence-corrected chi connectivity index (χ2v) is 11.4. The molecule has 15 atom stereocenters. The Morgan fingerprint density at radius 1 is 0.818 bits per heavy atom. The second kappa shape index (κ2) is 17.3. The van der Waals surface area contributed by atoms with Crippen molar-refractivity contribution >= 4 is 16.3 Å². The van der Waals surface area contributed by atoms with Gasteiger partial charge in [0, 0.05) is 6.61 Å². The molecule has 0 bridgehead atoms. The van der Waals surface area contributed by atoms with Crippen LogP contribution in [0.2, 0.25) is 0 Å². The van der Waals surface area contributed by atoms with E-state index in [-0.39, 0.29) is 36.2 Å². The fourth-order valence-corrected chi connectivity index (χ4v) is 5.44. The van der Waals surface area contributed by atoms with Crippen LogP contribution in [0.25, 0.3) is 0 Å². The van der Waals surface area contributed by atoms with Gasteiger partial charge in [-0.25, -0.2) is 4.18 Å². The Kier molecular flexibility index (Phi) is 15.7. The van der Waals surface area contributed by atoms with Crippen LogP contribution in [0.1, 0.15) is 27.2 Å². The third kappa shape index (κ3) is 9.69. The van der Waals surface area contributed by atoms with E-state index in [1.165, 1.54) is 6.92 Å². The molecule has 0 unspecified atom stereocenters. The zero-order valence-corrected chi connectivity index (χ0v) is 27.3. The molecule has 0 aliphatic carbocycles. The van der Waals surface area contributed by atoms with Gasteiger partial charge in [0.1, 0.15) is 67.1 Å². The Morgan fingerprint density at radius 3 is 1.93 bits per heavy atom. The van der Waals surface area contributed by atoms with Crippen molar-refractivity contribution in [2.75, 3.05) is 19.8 Å². The Morgan fingerprint density at radius 2 is 1.39 bits per heavy atom. The summed E-state index contributed by atoms with van der Waals surface area (Å²) in [4.78, 5) is 3.99. The summed E-state index contributed by atoms with van der Waals surface area (Å²) in [6, 6.07) is -1.41. The number of hydrogen-bond donors (Lipinski definition) is 8. The average molecular weight is 674 g/mol. The van der Waals surface area contributed by atoms with Gasteiger partial charge < -0.3 is 69.3 Å². The molecule has 0 saturated carbocycles. The van der Waals surface area contributed by atoms with Gasteiger partial charge in [0.05, 0.1) is 19.3 Å². The van der Waals surface area contributed by atoms with Gasteiger partial charge in [-0.05, 0) is 26.2 Å². The normalized spacial score (nSPS) is 43.8.